The van der Waals surface area contributed by atoms with Crippen molar-refractivity contribution in [2.75, 3.05) is 17.3 Å². The SMILES string of the molecule is CC(C)OC(=O)CSCCCSC1C(=O)C[C@@H](O)[C@@H]1C=CC(O)CCc1cc2ccccc2s1. The zero-order chi connectivity index (χ0) is 24.5. The van der Waals surface area contributed by atoms with Crippen LogP contribution in [-0.2, 0) is 20.7 Å². The van der Waals surface area contributed by atoms with Gasteiger partial charge in [-0.3, -0.25) is 9.59 Å². The molecular formula is C26H34O5S3. The molecule has 2 aromatic rings. The highest BCUT2D eigenvalue weighted by Crippen LogP contribution is 2.34. The second-order valence-electron chi connectivity index (χ2n) is 8.79. The molecule has 0 radical (unpaired) electrons. The number of carbonyl (C=O) groups is 2. The van der Waals surface area contributed by atoms with Gasteiger partial charge in [0.05, 0.1) is 29.3 Å². The van der Waals surface area contributed by atoms with E-state index < -0.39 is 12.2 Å². The first-order valence-electron chi connectivity index (χ1n) is 11.8. The van der Waals surface area contributed by atoms with Gasteiger partial charge in [-0.05, 0) is 62.1 Å². The number of thiophene rings is 1. The number of hydrogen-bond acceptors (Lipinski definition) is 8. The Balaban J connectivity index is 1.40. The maximum absolute atomic E-state index is 12.4. The number of ether oxygens (including phenoxy) is 1. The van der Waals surface area contributed by atoms with E-state index in [1.54, 1.807) is 29.2 Å². The Morgan fingerprint density at radius 3 is 2.85 bits per heavy atom. The van der Waals surface area contributed by atoms with Gasteiger partial charge in [0.1, 0.15) is 5.78 Å². The van der Waals surface area contributed by atoms with Gasteiger partial charge in [-0.1, -0.05) is 30.4 Å². The fraction of sp³-hybridized carbons (Fsp3) is 0.538. The van der Waals surface area contributed by atoms with E-state index in [1.807, 2.05) is 32.1 Å². The third kappa shape index (κ3) is 8.41. The van der Waals surface area contributed by atoms with Crippen LogP contribution in [0.15, 0.2) is 42.5 Å². The highest BCUT2D eigenvalue weighted by atomic mass is 32.2. The molecule has 1 saturated carbocycles. The molecule has 1 heterocycles. The van der Waals surface area contributed by atoms with Crippen molar-refractivity contribution in [1.82, 2.24) is 0 Å². The van der Waals surface area contributed by atoms with Gasteiger partial charge in [0, 0.05) is 21.9 Å². The number of rotatable bonds is 13. The second-order valence-corrected chi connectivity index (χ2v) is 12.3. The molecule has 0 saturated heterocycles. The van der Waals surface area contributed by atoms with Gasteiger partial charge in [-0.25, -0.2) is 0 Å². The summed E-state index contributed by atoms with van der Waals surface area (Å²) in [6.07, 6.45) is 4.60. The Labute approximate surface area is 214 Å². The van der Waals surface area contributed by atoms with Crippen molar-refractivity contribution in [3.63, 3.8) is 0 Å². The maximum atomic E-state index is 12.4. The summed E-state index contributed by atoms with van der Waals surface area (Å²) in [7, 11) is 0. The molecule has 0 spiro atoms. The van der Waals surface area contributed by atoms with Crippen LogP contribution in [0.5, 0.6) is 0 Å². The first-order chi connectivity index (χ1) is 16.3. The van der Waals surface area contributed by atoms with Crippen molar-refractivity contribution in [3.05, 3.63) is 47.4 Å². The molecule has 34 heavy (non-hydrogen) atoms. The van der Waals surface area contributed by atoms with Gasteiger partial charge in [0.25, 0.3) is 0 Å². The number of carbonyl (C=O) groups excluding carboxylic acids is 2. The summed E-state index contributed by atoms with van der Waals surface area (Å²) in [6.45, 7) is 3.67. The summed E-state index contributed by atoms with van der Waals surface area (Å²) in [6, 6.07) is 10.4. The molecular weight excluding hydrogens is 488 g/mol. The van der Waals surface area contributed by atoms with Gasteiger partial charge < -0.3 is 14.9 Å². The molecule has 3 rings (SSSR count). The Kier molecular flexibility index (Phi) is 11.0. The van der Waals surface area contributed by atoms with E-state index in [0.29, 0.717) is 12.2 Å². The van der Waals surface area contributed by atoms with Crippen molar-refractivity contribution in [2.24, 2.45) is 5.92 Å². The Hall–Kier alpha value is -1.32. The van der Waals surface area contributed by atoms with E-state index in [9.17, 15) is 19.8 Å². The largest absolute Gasteiger partial charge is 0.462 e. The third-order valence-corrected chi connectivity index (χ3v) is 9.21. The van der Waals surface area contributed by atoms with E-state index >= 15 is 0 Å². The molecule has 0 bridgehead atoms. The summed E-state index contributed by atoms with van der Waals surface area (Å²) >= 11 is 4.86. The summed E-state index contributed by atoms with van der Waals surface area (Å²) in [5, 5.41) is 21.8. The number of esters is 1. The number of fused-ring (bicyclic) bond motifs is 1. The van der Waals surface area contributed by atoms with Crippen LogP contribution in [0.4, 0.5) is 0 Å². The molecule has 0 amide bonds. The second kappa shape index (κ2) is 13.7. The highest BCUT2D eigenvalue weighted by Gasteiger charge is 2.40. The van der Waals surface area contributed by atoms with Crippen LogP contribution in [0.3, 0.4) is 0 Å². The molecule has 1 aromatic carbocycles. The first kappa shape index (κ1) is 27.3. The molecule has 4 atom stereocenters. The monoisotopic (exact) mass is 522 g/mol. The molecule has 8 heteroatoms. The van der Waals surface area contributed by atoms with Crippen molar-refractivity contribution in [1.29, 1.82) is 0 Å². The third-order valence-electron chi connectivity index (χ3n) is 5.56. The van der Waals surface area contributed by atoms with Crippen molar-refractivity contribution in [3.8, 4) is 0 Å². The molecule has 1 aromatic heterocycles. The Morgan fingerprint density at radius 1 is 1.29 bits per heavy atom. The van der Waals surface area contributed by atoms with Crippen LogP contribution >= 0.6 is 34.9 Å². The maximum Gasteiger partial charge on any atom is 0.316 e. The quantitative estimate of drug-likeness (QED) is 0.220. The molecule has 2 N–H and O–H groups in total. The van der Waals surface area contributed by atoms with E-state index in [4.69, 9.17) is 4.74 Å². The van der Waals surface area contributed by atoms with Crippen molar-refractivity contribution < 1.29 is 24.5 Å². The number of thioether (sulfide) groups is 2. The predicted molar refractivity (Wildman–Crippen MR) is 144 cm³/mol. The Morgan fingerprint density at radius 2 is 2.09 bits per heavy atom. The fourth-order valence-corrected chi connectivity index (χ4v) is 7.27. The van der Waals surface area contributed by atoms with Gasteiger partial charge in [0.15, 0.2) is 0 Å². The normalized spacial score (nSPS) is 21.7. The predicted octanol–water partition coefficient (Wildman–Crippen LogP) is 4.88. The number of hydrogen-bond donors (Lipinski definition) is 2. The first-order valence-corrected chi connectivity index (χ1v) is 14.8. The minimum absolute atomic E-state index is 0.0695. The molecule has 1 fully saturated rings. The Bertz CT molecular complexity index is 937. The van der Waals surface area contributed by atoms with E-state index in [1.165, 1.54) is 26.7 Å². The number of aryl methyl sites for hydroxylation is 1. The molecule has 5 nitrogen and oxygen atoms in total. The lowest BCUT2D eigenvalue weighted by atomic mass is 10.0. The lowest BCUT2D eigenvalue weighted by Crippen LogP contribution is -2.22. The molecule has 2 unspecified atom stereocenters. The number of aliphatic hydroxyl groups is 2. The lowest BCUT2D eigenvalue weighted by molar-refractivity contribution is -0.144. The van der Waals surface area contributed by atoms with Crippen LogP contribution in [0.25, 0.3) is 10.1 Å². The van der Waals surface area contributed by atoms with Crippen LogP contribution in [0.1, 0.15) is 38.0 Å². The fourth-order valence-electron chi connectivity index (χ4n) is 3.93. The number of ketones is 1. The van der Waals surface area contributed by atoms with Crippen LogP contribution in [0, 0.1) is 5.92 Å². The zero-order valence-electron chi connectivity index (χ0n) is 19.7. The summed E-state index contributed by atoms with van der Waals surface area (Å²) in [4.78, 5) is 25.2. The van der Waals surface area contributed by atoms with Crippen LogP contribution in [-0.4, -0.2) is 62.8 Å². The van der Waals surface area contributed by atoms with Gasteiger partial charge >= 0.3 is 5.97 Å². The number of benzene rings is 1. The van der Waals surface area contributed by atoms with E-state index in [0.717, 1.165) is 24.3 Å². The van der Waals surface area contributed by atoms with Crippen molar-refractivity contribution in [2.45, 2.75) is 63.1 Å². The van der Waals surface area contributed by atoms with Gasteiger partial charge in [-0.2, -0.15) is 11.8 Å². The van der Waals surface area contributed by atoms with Crippen LogP contribution in [0.2, 0.25) is 0 Å². The zero-order valence-corrected chi connectivity index (χ0v) is 22.2. The standard InChI is InChI=1S/C26H34O5S3/c1-17(2)31-25(30)16-32-12-5-13-33-26-21(22(28)15-23(26)29)11-9-19(27)8-10-20-14-18-6-3-4-7-24(18)34-20/h3-4,6-7,9,11,14,17,19,21-22,26-28H,5,8,10,12-13,15-16H2,1-2H3/t19?,21-,22+,26?/m0/s1. The molecule has 186 valence electrons. The van der Waals surface area contributed by atoms with Gasteiger partial charge in [-0.15, -0.1) is 23.1 Å². The smallest absolute Gasteiger partial charge is 0.316 e. The van der Waals surface area contributed by atoms with Crippen LogP contribution < -0.4 is 0 Å². The molecule has 0 aliphatic heterocycles. The molecule has 1 aliphatic carbocycles. The van der Waals surface area contributed by atoms with E-state index in [-0.39, 0.29) is 35.4 Å². The number of aliphatic hydroxyl groups excluding tert-OH is 2. The van der Waals surface area contributed by atoms with Gasteiger partial charge in [0.2, 0.25) is 0 Å². The summed E-state index contributed by atoms with van der Waals surface area (Å²) in [5.41, 5.74) is 0. The molecule has 1 aliphatic rings. The summed E-state index contributed by atoms with van der Waals surface area (Å²) < 4.78 is 6.37. The van der Waals surface area contributed by atoms with E-state index in [2.05, 4.69) is 18.2 Å². The van der Waals surface area contributed by atoms with Crippen molar-refractivity contribution >= 4 is 56.7 Å². The average molecular weight is 523 g/mol. The topological polar surface area (TPSA) is 83.8 Å². The highest BCUT2D eigenvalue weighted by molar-refractivity contribution is 8.01. The number of Topliss-reactive ketones (excluding diaryl/α,β-unsaturated/α-hetero) is 1. The lowest BCUT2D eigenvalue weighted by Gasteiger charge is -2.17. The average Bonchev–Trinajstić information content (AvgIpc) is 3.32. The minimum Gasteiger partial charge on any atom is -0.462 e. The minimum atomic E-state index is -0.698. The summed E-state index contributed by atoms with van der Waals surface area (Å²) in [5.74, 6) is 1.55.